The normalized spacial score (nSPS) is 11.7. The summed E-state index contributed by atoms with van der Waals surface area (Å²) in [6.07, 6.45) is 0. The Kier molecular flexibility index (Phi) is 4.12. The minimum absolute atomic E-state index is 0.0439. The number of nitrogens with zero attached hydrogens (tertiary/aromatic N) is 4. The second-order valence-electron chi connectivity index (χ2n) is 4.32. The van der Waals surface area contributed by atoms with Gasteiger partial charge in [0.2, 0.25) is 0 Å². The summed E-state index contributed by atoms with van der Waals surface area (Å²) in [6, 6.07) is 5.32. The largest absolute Gasteiger partial charge is 0.478 e. The molecule has 9 nitrogen and oxygen atoms in total. The molecule has 21 heavy (non-hydrogen) atoms. The lowest BCUT2D eigenvalue weighted by Crippen LogP contribution is -2.39. The molecule has 2 aromatic rings. The van der Waals surface area contributed by atoms with Crippen molar-refractivity contribution in [3.8, 4) is 0 Å². The summed E-state index contributed by atoms with van der Waals surface area (Å²) in [5, 5.41) is 25.0. The third-order valence-electron chi connectivity index (χ3n) is 2.89. The molecule has 2 amide bonds. The van der Waals surface area contributed by atoms with E-state index >= 15 is 0 Å². The molecule has 0 aliphatic carbocycles. The zero-order chi connectivity index (χ0) is 15.4. The first-order chi connectivity index (χ1) is 10.0. The number of amides is 2. The third kappa shape index (κ3) is 3.14. The molecule has 0 bridgehead atoms. The number of para-hydroxylation sites is 1. The van der Waals surface area contributed by atoms with Crippen LogP contribution in [0, 0.1) is 0 Å². The van der Waals surface area contributed by atoms with Crippen molar-refractivity contribution in [2.75, 3.05) is 11.9 Å². The summed E-state index contributed by atoms with van der Waals surface area (Å²) < 4.78 is 0. The van der Waals surface area contributed by atoms with E-state index in [0.29, 0.717) is 11.5 Å². The number of rotatable bonds is 4. The maximum Gasteiger partial charge on any atom is 0.337 e. The number of nitrogens with one attached hydrogen (secondary N) is 2. The molecular weight excluding hydrogens is 276 g/mol. The molecule has 0 spiro atoms. The molecule has 0 fully saturated rings. The fourth-order valence-corrected chi connectivity index (χ4v) is 1.76. The van der Waals surface area contributed by atoms with Crippen LogP contribution in [-0.4, -0.2) is 44.8 Å². The first-order valence-electron chi connectivity index (χ1n) is 6.10. The minimum atomic E-state index is -1.10. The number of hydrogen-bond donors (Lipinski definition) is 3. The summed E-state index contributed by atoms with van der Waals surface area (Å²) in [7, 11) is 1.49. The van der Waals surface area contributed by atoms with Crippen molar-refractivity contribution in [2.24, 2.45) is 0 Å². The van der Waals surface area contributed by atoms with Crippen LogP contribution in [0.25, 0.3) is 0 Å². The number of benzene rings is 1. The number of urea groups is 1. The highest BCUT2D eigenvalue weighted by Crippen LogP contribution is 2.19. The first kappa shape index (κ1) is 14.4. The molecule has 1 unspecified atom stereocenters. The second kappa shape index (κ2) is 5.99. The standard InChI is InChI=1S/C12H14N6O3/c1-7(10-14-16-17-15-10)13-12(21)18(2)9-6-4-3-5-8(9)11(19)20/h3-7H,1-2H3,(H,13,21)(H,19,20)(H,14,15,16,17). The maximum absolute atomic E-state index is 12.2. The van der Waals surface area contributed by atoms with Crippen molar-refractivity contribution in [1.82, 2.24) is 25.9 Å². The van der Waals surface area contributed by atoms with E-state index in [-0.39, 0.29) is 5.56 Å². The van der Waals surface area contributed by atoms with E-state index in [9.17, 15) is 9.59 Å². The van der Waals surface area contributed by atoms with Gasteiger partial charge in [-0.25, -0.2) is 9.59 Å². The zero-order valence-electron chi connectivity index (χ0n) is 11.4. The quantitative estimate of drug-likeness (QED) is 0.765. The van der Waals surface area contributed by atoms with Crippen LogP contribution in [0.4, 0.5) is 10.5 Å². The Hall–Kier alpha value is -2.97. The lowest BCUT2D eigenvalue weighted by Gasteiger charge is -2.21. The van der Waals surface area contributed by atoms with E-state index in [1.54, 1.807) is 25.1 Å². The van der Waals surface area contributed by atoms with Crippen LogP contribution in [-0.2, 0) is 0 Å². The first-order valence-corrected chi connectivity index (χ1v) is 6.10. The van der Waals surface area contributed by atoms with Gasteiger partial charge in [-0.05, 0) is 19.1 Å². The number of carboxylic acids is 1. The number of H-pyrrole nitrogens is 1. The van der Waals surface area contributed by atoms with E-state index < -0.39 is 18.0 Å². The second-order valence-corrected chi connectivity index (χ2v) is 4.32. The maximum atomic E-state index is 12.2. The third-order valence-corrected chi connectivity index (χ3v) is 2.89. The van der Waals surface area contributed by atoms with E-state index in [1.165, 1.54) is 18.0 Å². The Morgan fingerprint density at radius 3 is 2.71 bits per heavy atom. The van der Waals surface area contributed by atoms with Gasteiger partial charge in [0.1, 0.15) is 0 Å². The van der Waals surface area contributed by atoms with Gasteiger partial charge in [0.15, 0.2) is 5.82 Å². The van der Waals surface area contributed by atoms with Crippen molar-refractivity contribution in [3.63, 3.8) is 0 Å². The molecular formula is C12H14N6O3. The number of aromatic carboxylic acids is 1. The highest BCUT2D eigenvalue weighted by atomic mass is 16.4. The molecule has 0 radical (unpaired) electrons. The van der Waals surface area contributed by atoms with Gasteiger partial charge in [-0.1, -0.05) is 17.3 Å². The molecule has 0 aliphatic rings. The van der Waals surface area contributed by atoms with Gasteiger partial charge in [0.25, 0.3) is 0 Å². The molecule has 0 aliphatic heterocycles. The van der Waals surface area contributed by atoms with Gasteiger partial charge in [0, 0.05) is 7.05 Å². The molecule has 1 heterocycles. The topological polar surface area (TPSA) is 124 Å². The fraction of sp³-hybridized carbons (Fsp3) is 0.250. The smallest absolute Gasteiger partial charge is 0.337 e. The number of carbonyl (C=O) groups is 2. The van der Waals surface area contributed by atoms with Crippen LogP contribution >= 0.6 is 0 Å². The van der Waals surface area contributed by atoms with Crippen molar-refractivity contribution in [1.29, 1.82) is 0 Å². The van der Waals surface area contributed by atoms with Crippen molar-refractivity contribution < 1.29 is 14.7 Å². The van der Waals surface area contributed by atoms with E-state index in [2.05, 4.69) is 25.9 Å². The lowest BCUT2D eigenvalue weighted by atomic mass is 10.1. The Morgan fingerprint density at radius 1 is 1.38 bits per heavy atom. The minimum Gasteiger partial charge on any atom is -0.478 e. The monoisotopic (exact) mass is 290 g/mol. The van der Waals surface area contributed by atoms with E-state index in [1.807, 2.05) is 0 Å². The van der Waals surface area contributed by atoms with Gasteiger partial charge in [0.05, 0.1) is 17.3 Å². The highest BCUT2D eigenvalue weighted by Gasteiger charge is 2.20. The Bertz CT molecular complexity index is 642. The molecule has 1 aromatic carbocycles. The molecule has 9 heteroatoms. The Balaban J connectivity index is 2.14. The van der Waals surface area contributed by atoms with Gasteiger partial charge in [-0.3, -0.25) is 4.90 Å². The molecule has 2 rings (SSSR count). The van der Waals surface area contributed by atoms with Crippen LogP contribution in [0.1, 0.15) is 29.1 Å². The molecule has 3 N–H and O–H groups in total. The number of aromatic nitrogens is 4. The van der Waals surface area contributed by atoms with Gasteiger partial charge >= 0.3 is 12.0 Å². The number of carbonyl (C=O) groups excluding carboxylic acids is 1. The molecule has 1 atom stereocenters. The zero-order valence-corrected chi connectivity index (χ0v) is 11.4. The summed E-state index contributed by atoms with van der Waals surface area (Å²) in [5.74, 6) is -0.764. The van der Waals surface area contributed by atoms with Crippen LogP contribution in [0.2, 0.25) is 0 Å². The predicted molar refractivity (Wildman–Crippen MR) is 72.9 cm³/mol. The van der Waals surface area contributed by atoms with Crippen LogP contribution in [0.3, 0.4) is 0 Å². The van der Waals surface area contributed by atoms with E-state index in [0.717, 1.165) is 0 Å². The van der Waals surface area contributed by atoms with E-state index in [4.69, 9.17) is 5.11 Å². The molecule has 0 saturated heterocycles. The molecule has 110 valence electrons. The number of carboxylic acid groups (broad SMARTS) is 1. The summed E-state index contributed by atoms with van der Waals surface area (Å²) >= 11 is 0. The van der Waals surface area contributed by atoms with Crippen LogP contribution in [0.5, 0.6) is 0 Å². The number of hydrogen-bond acceptors (Lipinski definition) is 5. The Labute approximate surface area is 120 Å². The number of anilines is 1. The predicted octanol–water partition coefficient (Wildman–Crippen LogP) is 0.805. The van der Waals surface area contributed by atoms with Crippen molar-refractivity contribution in [2.45, 2.75) is 13.0 Å². The average Bonchev–Trinajstić information content (AvgIpc) is 3.00. The fourth-order valence-electron chi connectivity index (χ4n) is 1.76. The number of aromatic amines is 1. The SMILES string of the molecule is CC(NC(=O)N(C)c1ccccc1C(=O)O)c1nn[nH]n1. The summed E-state index contributed by atoms with van der Waals surface area (Å²) in [5.41, 5.74) is 0.338. The summed E-state index contributed by atoms with van der Waals surface area (Å²) in [4.78, 5) is 24.5. The van der Waals surface area contributed by atoms with Crippen LogP contribution in [0.15, 0.2) is 24.3 Å². The van der Waals surface area contributed by atoms with Gasteiger partial charge < -0.3 is 10.4 Å². The van der Waals surface area contributed by atoms with Crippen molar-refractivity contribution >= 4 is 17.7 Å². The lowest BCUT2D eigenvalue weighted by molar-refractivity contribution is 0.0697. The van der Waals surface area contributed by atoms with Crippen LogP contribution < -0.4 is 10.2 Å². The van der Waals surface area contributed by atoms with Gasteiger partial charge in [-0.15, -0.1) is 10.2 Å². The average molecular weight is 290 g/mol. The summed E-state index contributed by atoms with van der Waals surface area (Å²) in [6.45, 7) is 1.69. The molecule has 1 aromatic heterocycles. The van der Waals surface area contributed by atoms with Crippen molar-refractivity contribution in [3.05, 3.63) is 35.7 Å². The number of tetrazole rings is 1. The highest BCUT2D eigenvalue weighted by molar-refractivity contribution is 6.01. The van der Waals surface area contributed by atoms with Gasteiger partial charge in [-0.2, -0.15) is 5.21 Å². The molecule has 0 saturated carbocycles. The Morgan fingerprint density at radius 2 is 2.10 bits per heavy atom.